The van der Waals surface area contributed by atoms with Gasteiger partial charge in [-0.05, 0) is 46.2 Å². The number of thioether (sulfide) groups is 1. The van der Waals surface area contributed by atoms with E-state index < -0.39 is 0 Å². The molecular formula is C18H16FNS. The normalized spacial score (nSPS) is 11.0. The standard InChI is InChI=1S/C18H16FNS/c19-17-8-13(11-20)7-14(9-17)12-21-18-6-5-15-3-1-2-4-16(15)10-18/h1-10H,11-12,20H2. The molecule has 0 unspecified atom stereocenters. The average Bonchev–Trinajstić information content (AvgIpc) is 2.52. The van der Waals surface area contributed by atoms with Crippen molar-refractivity contribution in [2.75, 3.05) is 0 Å². The summed E-state index contributed by atoms with van der Waals surface area (Å²) in [5.74, 6) is 0.524. The Morgan fingerprint density at radius 2 is 1.62 bits per heavy atom. The molecule has 3 heteroatoms. The predicted octanol–water partition coefficient (Wildman–Crippen LogP) is 4.73. The van der Waals surface area contributed by atoms with Gasteiger partial charge in [-0.2, -0.15) is 0 Å². The predicted molar refractivity (Wildman–Crippen MR) is 87.8 cm³/mol. The van der Waals surface area contributed by atoms with Gasteiger partial charge in [-0.1, -0.05) is 36.4 Å². The van der Waals surface area contributed by atoms with Gasteiger partial charge in [0.1, 0.15) is 5.82 Å². The molecule has 0 aromatic heterocycles. The second kappa shape index (κ2) is 6.29. The van der Waals surface area contributed by atoms with E-state index >= 15 is 0 Å². The summed E-state index contributed by atoms with van der Waals surface area (Å²) in [5.41, 5.74) is 7.39. The number of benzene rings is 3. The minimum absolute atomic E-state index is 0.216. The summed E-state index contributed by atoms with van der Waals surface area (Å²) >= 11 is 1.71. The van der Waals surface area contributed by atoms with E-state index in [0.29, 0.717) is 6.54 Å². The zero-order valence-corrected chi connectivity index (χ0v) is 12.4. The van der Waals surface area contributed by atoms with E-state index in [2.05, 4.69) is 30.3 Å². The Bertz CT molecular complexity index is 770. The van der Waals surface area contributed by atoms with Gasteiger partial charge >= 0.3 is 0 Å². The van der Waals surface area contributed by atoms with Crippen molar-refractivity contribution in [1.29, 1.82) is 0 Å². The Morgan fingerprint density at radius 1 is 0.857 bits per heavy atom. The van der Waals surface area contributed by atoms with Crippen LogP contribution in [0, 0.1) is 5.82 Å². The van der Waals surface area contributed by atoms with E-state index in [4.69, 9.17) is 5.73 Å². The first-order valence-corrected chi connectivity index (χ1v) is 7.83. The second-order valence-electron chi connectivity index (χ2n) is 4.97. The van der Waals surface area contributed by atoms with E-state index in [-0.39, 0.29) is 5.82 Å². The lowest BCUT2D eigenvalue weighted by Crippen LogP contribution is -1.98. The molecule has 0 aliphatic carbocycles. The third-order valence-corrected chi connectivity index (χ3v) is 4.44. The van der Waals surface area contributed by atoms with Gasteiger partial charge in [0.2, 0.25) is 0 Å². The number of halogens is 1. The van der Waals surface area contributed by atoms with Crippen molar-refractivity contribution in [2.45, 2.75) is 17.2 Å². The molecule has 3 rings (SSSR count). The average molecular weight is 297 g/mol. The number of nitrogens with two attached hydrogens (primary N) is 1. The number of rotatable bonds is 4. The SMILES string of the molecule is NCc1cc(F)cc(CSc2ccc3ccccc3c2)c1. The molecule has 0 saturated carbocycles. The van der Waals surface area contributed by atoms with Crippen LogP contribution in [0.25, 0.3) is 10.8 Å². The van der Waals surface area contributed by atoms with Gasteiger partial charge < -0.3 is 5.73 Å². The number of fused-ring (bicyclic) bond motifs is 1. The third kappa shape index (κ3) is 3.43. The van der Waals surface area contributed by atoms with Crippen LogP contribution in [0.4, 0.5) is 4.39 Å². The lowest BCUT2D eigenvalue weighted by Gasteiger charge is -2.06. The first-order chi connectivity index (χ1) is 10.2. The summed E-state index contributed by atoms with van der Waals surface area (Å²) in [4.78, 5) is 1.19. The maximum absolute atomic E-state index is 13.5. The van der Waals surface area contributed by atoms with Crippen LogP contribution in [0.3, 0.4) is 0 Å². The van der Waals surface area contributed by atoms with Crippen molar-refractivity contribution >= 4 is 22.5 Å². The summed E-state index contributed by atoms with van der Waals surface area (Å²) in [6, 6.07) is 19.7. The van der Waals surface area contributed by atoms with Gasteiger partial charge in [-0.25, -0.2) is 4.39 Å². The molecule has 0 amide bonds. The van der Waals surface area contributed by atoms with Crippen molar-refractivity contribution in [3.8, 4) is 0 Å². The molecular weight excluding hydrogens is 281 g/mol. The molecule has 0 aliphatic heterocycles. The van der Waals surface area contributed by atoms with Gasteiger partial charge in [0, 0.05) is 17.2 Å². The fourth-order valence-electron chi connectivity index (χ4n) is 2.34. The largest absolute Gasteiger partial charge is 0.326 e. The molecule has 0 radical (unpaired) electrons. The van der Waals surface area contributed by atoms with Crippen LogP contribution in [0.1, 0.15) is 11.1 Å². The molecule has 3 aromatic rings. The summed E-state index contributed by atoms with van der Waals surface area (Å²) < 4.78 is 13.5. The lowest BCUT2D eigenvalue weighted by atomic mass is 10.1. The fourth-order valence-corrected chi connectivity index (χ4v) is 3.22. The van der Waals surface area contributed by atoms with Crippen molar-refractivity contribution in [2.24, 2.45) is 5.73 Å². The molecule has 0 spiro atoms. The van der Waals surface area contributed by atoms with Crippen LogP contribution in [0.5, 0.6) is 0 Å². The smallest absolute Gasteiger partial charge is 0.123 e. The van der Waals surface area contributed by atoms with E-state index in [1.165, 1.54) is 21.7 Å². The summed E-state index contributed by atoms with van der Waals surface area (Å²) in [6.45, 7) is 0.366. The third-order valence-electron chi connectivity index (χ3n) is 3.38. The van der Waals surface area contributed by atoms with Crippen LogP contribution >= 0.6 is 11.8 Å². The monoisotopic (exact) mass is 297 g/mol. The van der Waals surface area contributed by atoms with Crippen molar-refractivity contribution in [3.63, 3.8) is 0 Å². The van der Waals surface area contributed by atoms with Gasteiger partial charge in [-0.3, -0.25) is 0 Å². The van der Waals surface area contributed by atoms with Crippen molar-refractivity contribution in [1.82, 2.24) is 0 Å². The molecule has 0 bridgehead atoms. The highest BCUT2D eigenvalue weighted by molar-refractivity contribution is 7.98. The maximum Gasteiger partial charge on any atom is 0.123 e. The Balaban J connectivity index is 1.78. The zero-order valence-electron chi connectivity index (χ0n) is 11.6. The van der Waals surface area contributed by atoms with Gasteiger partial charge in [0.15, 0.2) is 0 Å². The van der Waals surface area contributed by atoms with Gasteiger partial charge in [0.05, 0.1) is 0 Å². The molecule has 21 heavy (non-hydrogen) atoms. The zero-order chi connectivity index (χ0) is 14.7. The van der Waals surface area contributed by atoms with Crippen molar-refractivity contribution in [3.05, 3.63) is 77.6 Å². The summed E-state index contributed by atoms with van der Waals surface area (Å²) in [7, 11) is 0. The molecule has 3 aromatic carbocycles. The molecule has 0 heterocycles. The molecule has 0 atom stereocenters. The minimum Gasteiger partial charge on any atom is -0.326 e. The maximum atomic E-state index is 13.5. The molecule has 1 nitrogen and oxygen atoms in total. The fraction of sp³-hybridized carbons (Fsp3) is 0.111. The molecule has 0 fully saturated rings. The highest BCUT2D eigenvalue weighted by Crippen LogP contribution is 2.27. The summed E-state index contributed by atoms with van der Waals surface area (Å²) in [6.07, 6.45) is 0. The second-order valence-corrected chi connectivity index (χ2v) is 6.02. The Kier molecular flexibility index (Phi) is 4.23. The molecule has 0 saturated heterocycles. The van der Waals surface area contributed by atoms with E-state index in [1.54, 1.807) is 17.8 Å². The van der Waals surface area contributed by atoms with Crippen LogP contribution in [0.15, 0.2) is 65.6 Å². The first-order valence-electron chi connectivity index (χ1n) is 6.84. The Morgan fingerprint density at radius 3 is 2.43 bits per heavy atom. The van der Waals surface area contributed by atoms with Crippen molar-refractivity contribution < 1.29 is 4.39 Å². The van der Waals surface area contributed by atoms with E-state index in [9.17, 15) is 4.39 Å². The van der Waals surface area contributed by atoms with Crippen LogP contribution < -0.4 is 5.73 Å². The van der Waals surface area contributed by atoms with Crippen LogP contribution in [0.2, 0.25) is 0 Å². The molecule has 2 N–H and O–H groups in total. The number of hydrogen-bond donors (Lipinski definition) is 1. The minimum atomic E-state index is -0.216. The van der Waals surface area contributed by atoms with Crippen LogP contribution in [-0.4, -0.2) is 0 Å². The highest BCUT2D eigenvalue weighted by Gasteiger charge is 2.02. The Hall–Kier alpha value is -1.84. The topological polar surface area (TPSA) is 26.0 Å². The lowest BCUT2D eigenvalue weighted by molar-refractivity contribution is 0.624. The van der Waals surface area contributed by atoms with Crippen LogP contribution in [-0.2, 0) is 12.3 Å². The first kappa shape index (κ1) is 14.1. The molecule has 0 aliphatic rings. The van der Waals surface area contributed by atoms with E-state index in [0.717, 1.165) is 16.9 Å². The quantitative estimate of drug-likeness (QED) is 0.705. The Labute approximate surface area is 128 Å². The highest BCUT2D eigenvalue weighted by atomic mass is 32.2. The summed E-state index contributed by atoms with van der Waals surface area (Å²) in [5, 5.41) is 2.46. The number of hydrogen-bond acceptors (Lipinski definition) is 2. The molecule has 106 valence electrons. The van der Waals surface area contributed by atoms with E-state index in [1.807, 2.05) is 18.2 Å². The van der Waals surface area contributed by atoms with Gasteiger partial charge in [0.25, 0.3) is 0 Å². The van der Waals surface area contributed by atoms with Gasteiger partial charge in [-0.15, -0.1) is 11.8 Å².